The Hall–Kier alpha value is -2.87. The van der Waals surface area contributed by atoms with Gasteiger partial charge in [-0.2, -0.15) is 0 Å². The first-order valence-corrected chi connectivity index (χ1v) is 10.2. The third kappa shape index (κ3) is 7.23. The van der Waals surface area contributed by atoms with E-state index in [0.717, 1.165) is 50.8 Å². The molecule has 1 aliphatic rings. The Morgan fingerprint density at radius 2 is 1.72 bits per heavy atom. The summed E-state index contributed by atoms with van der Waals surface area (Å²) in [6.07, 6.45) is 4.48. The van der Waals surface area contributed by atoms with E-state index < -0.39 is 0 Å². The summed E-state index contributed by atoms with van der Waals surface area (Å²) in [5.74, 6) is 1.62. The van der Waals surface area contributed by atoms with Crippen molar-refractivity contribution >= 4 is 12.0 Å². The Bertz CT molecular complexity index is 733. The van der Waals surface area contributed by atoms with E-state index in [0.29, 0.717) is 19.7 Å². The highest BCUT2D eigenvalue weighted by molar-refractivity contribution is 5.73. The van der Waals surface area contributed by atoms with Gasteiger partial charge in [0.05, 0.1) is 6.54 Å². The van der Waals surface area contributed by atoms with Crippen molar-refractivity contribution in [1.29, 1.82) is 0 Å². The molecule has 1 fully saturated rings. The van der Waals surface area contributed by atoms with E-state index >= 15 is 0 Å². The molecular formula is C21H30N6O2. The predicted octanol–water partition coefficient (Wildman–Crippen LogP) is 1.68. The van der Waals surface area contributed by atoms with Crippen LogP contribution in [0.3, 0.4) is 0 Å². The quantitative estimate of drug-likeness (QED) is 0.626. The van der Waals surface area contributed by atoms with Gasteiger partial charge in [0, 0.05) is 45.1 Å². The largest absolute Gasteiger partial charge is 0.492 e. The topological polar surface area (TPSA) is 82.6 Å². The summed E-state index contributed by atoms with van der Waals surface area (Å²) in [6.45, 7) is 8.43. The summed E-state index contributed by atoms with van der Waals surface area (Å²) in [5, 5.41) is 5.72. The Kier molecular flexibility index (Phi) is 8.06. The molecule has 0 atom stereocenters. The fourth-order valence-electron chi connectivity index (χ4n) is 3.16. The summed E-state index contributed by atoms with van der Waals surface area (Å²) in [7, 11) is 0. The summed E-state index contributed by atoms with van der Waals surface area (Å²) in [4.78, 5) is 25.1. The lowest BCUT2D eigenvalue weighted by Crippen LogP contribution is -2.47. The first-order chi connectivity index (χ1) is 14.2. The molecule has 3 rings (SSSR count). The van der Waals surface area contributed by atoms with Crippen LogP contribution in [-0.2, 0) is 0 Å². The van der Waals surface area contributed by atoms with Gasteiger partial charge in [0.15, 0.2) is 0 Å². The van der Waals surface area contributed by atoms with Crippen molar-refractivity contribution in [3.8, 4) is 5.75 Å². The number of carbonyl (C=O) groups is 1. The van der Waals surface area contributed by atoms with E-state index in [-0.39, 0.29) is 6.03 Å². The van der Waals surface area contributed by atoms with Gasteiger partial charge in [-0.15, -0.1) is 0 Å². The second-order valence-corrected chi connectivity index (χ2v) is 7.08. The van der Waals surface area contributed by atoms with Crippen molar-refractivity contribution in [2.45, 2.75) is 13.3 Å². The van der Waals surface area contributed by atoms with Gasteiger partial charge in [0.2, 0.25) is 5.95 Å². The highest BCUT2D eigenvalue weighted by Crippen LogP contribution is 2.11. The summed E-state index contributed by atoms with van der Waals surface area (Å²) in [5.41, 5.74) is 1.20. The molecule has 8 nitrogen and oxygen atoms in total. The van der Waals surface area contributed by atoms with Crippen LogP contribution in [0.1, 0.15) is 12.0 Å². The van der Waals surface area contributed by atoms with Gasteiger partial charge >= 0.3 is 6.03 Å². The number of anilines is 1. The van der Waals surface area contributed by atoms with E-state index in [2.05, 4.69) is 30.4 Å². The second kappa shape index (κ2) is 11.2. The minimum atomic E-state index is -0.149. The molecule has 8 heteroatoms. The van der Waals surface area contributed by atoms with Gasteiger partial charge < -0.3 is 20.3 Å². The minimum absolute atomic E-state index is 0.149. The fourth-order valence-corrected chi connectivity index (χ4v) is 3.16. The molecule has 2 amide bonds. The average Bonchev–Trinajstić information content (AvgIpc) is 2.76. The molecule has 2 heterocycles. The van der Waals surface area contributed by atoms with E-state index in [1.54, 1.807) is 12.4 Å². The number of amides is 2. The van der Waals surface area contributed by atoms with Crippen LogP contribution in [0.15, 0.2) is 42.7 Å². The number of aromatic nitrogens is 2. The van der Waals surface area contributed by atoms with Crippen molar-refractivity contribution < 1.29 is 9.53 Å². The third-order valence-electron chi connectivity index (χ3n) is 4.82. The normalized spacial score (nSPS) is 14.4. The molecule has 1 aromatic heterocycles. The van der Waals surface area contributed by atoms with Crippen LogP contribution in [-0.4, -0.2) is 73.3 Å². The van der Waals surface area contributed by atoms with Crippen molar-refractivity contribution in [2.24, 2.45) is 0 Å². The summed E-state index contributed by atoms with van der Waals surface area (Å²) >= 11 is 0. The van der Waals surface area contributed by atoms with Crippen LogP contribution in [0.5, 0.6) is 5.75 Å². The molecule has 1 aliphatic heterocycles. The van der Waals surface area contributed by atoms with Crippen molar-refractivity contribution in [1.82, 2.24) is 25.5 Å². The molecule has 0 aliphatic carbocycles. The molecule has 29 heavy (non-hydrogen) atoms. The number of aryl methyl sites for hydroxylation is 1. The van der Waals surface area contributed by atoms with Gasteiger partial charge in [0.25, 0.3) is 0 Å². The monoisotopic (exact) mass is 398 g/mol. The molecule has 1 aromatic carbocycles. The fraction of sp³-hybridized carbons (Fsp3) is 0.476. The Morgan fingerprint density at radius 1 is 1.03 bits per heavy atom. The zero-order chi connectivity index (χ0) is 20.3. The van der Waals surface area contributed by atoms with Crippen molar-refractivity contribution in [3.05, 3.63) is 48.3 Å². The molecule has 0 bridgehead atoms. The summed E-state index contributed by atoms with van der Waals surface area (Å²) < 4.78 is 5.59. The van der Waals surface area contributed by atoms with Gasteiger partial charge in [-0.1, -0.05) is 17.7 Å². The maximum atomic E-state index is 11.8. The number of hydrogen-bond acceptors (Lipinski definition) is 6. The second-order valence-electron chi connectivity index (χ2n) is 7.08. The average molecular weight is 399 g/mol. The predicted molar refractivity (Wildman–Crippen MR) is 113 cm³/mol. The van der Waals surface area contributed by atoms with Crippen LogP contribution in [0, 0.1) is 6.92 Å². The van der Waals surface area contributed by atoms with E-state index in [1.165, 1.54) is 5.56 Å². The third-order valence-corrected chi connectivity index (χ3v) is 4.82. The summed E-state index contributed by atoms with van der Waals surface area (Å²) in [6, 6.07) is 9.56. The van der Waals surface area contributed by atoms with Crippen LogP contribution in [0.25, 0.3) is 0 Å². The SMILES string of the molecule is Cc1ccc(OCCNC(=O)NCCCN2CCN(c3ncccn3)CC2)cc1. The van der Waals surface area contributed by atoms with Gasteiger partial charge in [0.1, 0.15) is 12.4 Å². The van der Waals surface area contributed by atoms with Crippen LogP contribution in [0.4, 0.5) is 10.7 Å². The molecule has 0 saturated carbocycles. The molecule has 0 spiro atoms. The maximum Gasteiger partial charge on any atom is 0.314 e. The number of nitrogens with one attached hydrogen (secondary N) is 2. The zero-order valence-electron chi connectivity index (χ0n) is 17.0. The van der Waals surface area contributed by atoms with Gasteiger partial charge in [-0.3, -0.25) is 4.90 Å². The van der Waals surface area contributed by atoms with E-state index in [1.807, 2.05) is 37.3 Å². The van der Waals surface area contributed by atoms with Gasteiger partial charge in [-0.05, 0) is 38.1 Å². The number of piperazine rings is 1. The van der Waals surface area contributed by atoms with Crippen LogP contribution in [0.2, 0.25) is 0 Å². The van der Waals surface area contributed by atoms with Crippen molar-refractivity contribution in [2.75, 3.05) is 57.3 Å². The first kappa shape index (κ1) is 20.9. The first-order valence-electron chi connectivity index (χ1n) is 10.2. The molecule has 2 aromatic rings. The van der Waals surface area contributed by atoms with Crippen LogP contribution >= 0.6 is 0 Å². The van der Waals surface area contributed by atoms with E-state index in [4.69, 9.17) is 4.74 Å². The molecule has 2 N–H and O–H groups in total. The number of ether oxygens (including phenoxy) is 1. The van der Waals surface area contributed by atoms with Crippen LogP contribution < -0.4 is 20.3 Å². The number of hydrogen-bond donors (Lipinski definition) is 2. The molecule has 1 saturated heterocycles. The minimum Gasteiger partial charge on any atom is -0.492 e. The molecule has 0 radical (unpaired) electrons. The zero-order valence-corrected chi connectivity index (χ0v) is 17.0. The lowest BCUT2D eigenvalue weighted by atomic mass is 10.2. The number of nitrogens with zero attached hydrogens (tertiary/aromatic N) is 4. The molecule has 156 valence electrons. The Morgan fingerprint density at radius 3 is 2.45 bits per heavy atom. The molecular weight excluding hydrogens is 368 g/mol. The highest BCUT2D eigenvalue weighted by Gasteiger charge is 2.18. The number of carbonyl (C=O) groups excluding carboxylic acids is 1. The number of benzene rings is 1. The Balaban J connectivity index is 1.20. The lowest BCUT2D eigenvalue weighted by molar-refractivity contribution is 0.232. The smallest absolute Gasteiger partial charge is 0.314 e. The Labute approximate surface area is 172 Å². The number of rotatable bonds is 9. The maximum absolute atomic E-state index is 11.8. The van der Waals surface area contributed by atoms with E-state index in [9.17, 15) is 4.79 Å². The van der Waals surface area contributed by atoms with Gasteiger partial charge in [-0.25, -0.2) is 14.8 Å². The van der Waals surface area contributed by atoms with Crippen molar-refractivity contribution in [3.63, 3.8) is 0 Å². The standard InChI is InChI=1S/C21H30N6O2/c1-18-4-6-19(7-5-18)29-17-11-25-21(28)24-10-3-12-26-13-15-27(16-14-26)20-22-8-2-9-23-20/h2,4-9H,3,10-17H2,1H3,(H2,24,25,28). The number of urea groups is 1. The highest BCUT2D eigenvalue weighted by atomic mass is 16.5. The molecule has 0 unspecified atom stereocenters. The lowest BCUT2D eigenvalue weighted by Gasteiger charge is -2.34.